The van der Waals surface area contributed by atoms with Crippen molar-refractivity contribution in [3.8, 4) is 5.75 Å². The standard InChI is InChI=1S/C19H22N2O3/c1-3-11-20-18(22)14-8-6-9-15(12-14)19(23)21-13-16-7-4-5-10-17(16)24-2/h4-10,12H,3,11,13H2,1-2H3,(H,20,22)(H,21,23). The number of rotatable bonds is 7. The van der Waals surface area contributed by atoms with Gasteiger partial charge < -0.3 is 15.4 Å². The first-order chi connectivity index (χ1) is 11.7. The van der Waals surface area contributed by atoms with Crippen molar-refractivity contribution in [3.63, 3.8) is 0 Å². The fourth-order valence-corrected chi connectivity index (χ4v) is 2.27. The molecule has 2 rings (SSSR count). The third-order valence-electron chi connectivity index (χ3n) is 3.55. The zero-order valence-electron chi connectivity index (χ0n) is 14.0. The number of hydrogen-bond acceptors (Lipinski definition) is 3. The number of ether oxygens (including phenoxy) is 1. The molecule has 24 heavy (non-hydrogen) atoms. The summed E-state index contributed by atoms with van der Waals surface area (Å²) in [7, 11) is 1.60. The molecule has 2 aromatic rings. The molecule has 0 bridgehead atoms. The SMILES string of the molecule is CCCNC(=O)c1cccc(C(=O)NCc2ccccc2OC)c1. The van der Waals surface area contributed by atoms with Crippen LogP contribution in [0.25, 0.3) is 0 Å². The smallest absolute Gasteiger partial charge is 0.251 e. The van der Waals surface area contributed by atoms with Gasteiger partial charge in [0, 0.05) is 29.8 Å². The van der Waals surface area contributed by atoms with Crippen LogP contribution in [0.3, 0.4) is 0 Å². The first-order valence-electron chi connectivity index (χ1n) is 7.94. The van der Waals surface area contributed by atoms with Crippen LogP contribution in [0.5, 0.6) is 5.75 Å². The van der Waals surface area contributed by atoms with Gasteiger partial charge in [-0.15, -0.1) is 0 Å². The Labute approximate surface area is 142 Å². The molecule has 0 aliphatic rings. The molecule has 0 atom stereocenters. The van der Waals surface area contributed by atoms with Gasteiger partial charge >= 0.3 is 0 Å². The number of benzene rings is 2. The van der Waals surface area contributed by atoms with Crippen molar-refractivity contribution >= 4 is 11.8 Å². The van der Waals surface area contributed by atoms with E-state index in [0.717, 1.165) is 17.7 Å². The molecule has 0 aliphatic heterocycles. The fourth-order valence-electron chi connectivity index (χ4n) is 2.27. The van der Waals surface area contributed by atoms with E-state index in [1.54, 1.807) is 31.4 Å². The first-order valence-corrected chi connectivity index (χ1v) is 7.94. The number of amides is 2. The molecular weight excluding hydrogens is 304 g/mol. The zero-order chi connectivity index (χ0) is 17.4. The van der Waals surface area contributed by atoms with E-state index in [9.17, 15) is 9.59 Å². The summed E-state index contributed by atoms with van der Waals surface area (Å²) in [5.74, 6) is 0.327. The fraction of sp³-hybridized carbons (Fsp3) is 0.263. The Kier molecular flexibility index (Phi) is 6.37. The summed E-state index contributed by atoms with van der Waals surface area (Å²) in [6, 6.07) is 14.2. The average molecular weight is 326 g/mol. The van der Waals surface area contributed by atoms with E-state index in [-0.39, 0.29) is 11.8 Å². The number of para-hydroxylation sites is 1. The van der Waals surface area contributed by atoms with E-state index in [2.05, 4.69) is 10.6 Å². The monoisotopic (exact) mass is 326 g/mol. The lowest BCUT2D eigenvalue weighted by Crippen LogP contribution is -2.26. The minimum Gasteiger partial charge on any atom is -0.496 e. The summed E-state index contributed by atoms with van der Waals surface area (Å²) in [6.45, 7) is 2.96. The molecule has 2 aromatic carbocycles. The average Bonchev–Trinajstić information content (AvgIpc) is 2.64. The minimum atomic E-state index is -0.231. The van der Waals surface area contributed by atoms with E-state index < -0.39 is 0 Å². The molecule has 5 heteroatoms. The van der Waals surface area contributed by atoms with E-state index in [0.29, 0.717) is 24.2 Å². The molecular formula is C19H22N2O3. The van der Waals surface area contributed by atoms with Crippen LogP contribution in [0.15, 0.2) is 48.5 Å². The second-order valence-corrected chi connectivity index (χ2v) is 5.33. The van der Waals surface area contributed by atoms with Gasteiger partial charge in [0.25, 0.3) is 11.8 Å². The highest BCUT2D eigenvalue weighted by atomic mass is 16.5. The summed E-state index contributed by atoms with van der Waals surface area (Å²) < 4.78 is 5.27. The maximum Gasteiger partial charge on any atom is 0.251 e. The molecule has 0 aromatic heterocycles. The van der Waals surface area contributed by atoms with Crippen molar-refractivity contribution in [2.75, 3.05) is 13.7 Å². The summed E-state index contributed by atoms with van der Waals surface area (Å²) >= 11 is 0. The molecule has 126 valence electrons. The molecule has 2 amide bonds. The molecule has 0 aliphatic carbocycles. The molecule has 0 radical (unpaired) electrons. The highest BCUT2D eigenvalue weighted by Gasteiger charge is 2.11. The third-order valence-corrected chi connectivity index (χ3v) is 3.55. The number of hydrogen-bond donors (Lipinski definition) is 2. The van der Waals surface area contributed by atoms with Crippen LogP contribution in [0.1, 0.15) is 39.6 Å². The molecule has 0 fully saturated rings. The van der Waals surface area contributed by atoms with Crippen molar-refractivity contribution in [2.24, 2.45) is 0 Å². The van der Waals surface area contributed by atoms with Gasteiger partial charge in [-0.3, -0.25) is 9.59 Å². The highest BCUT2D eigenvalue weighted by Crippen LogP contribution is 2.17. The molecule has 0 unspecified atom stereocenters. The maximum atomic E-state index is 12.3. The van der Waals surface area contributed by atoms with E-state index in [4.69, 9.17) is 4.74 Å². The Hall–Kier alpha value is -2.82. The summed E-state index contributed by atoms with van der Waals surface area (Å²) in [4.78, 5) is 24.3. The van der Waals surface area contributed by atoms with Gasteiger partial charge in [0.1, 0.15) is 5.75 Å². The van der Waals surface area contributed by atoms with Crippen molar-refractivity contribution in [1.82, 2.24) is 10.6 Å². The van der Waals surface area contributed by atoms with Gasteiger partial charge in [-0.2, -0.15) is 0 Å². The van der Waals surface area contributed by atoms with Gasteiger partial charge in [-0.05, 0) is 30.7 Å². The second-order valence-electron chi connectivity index (χ2n) is 5.33. The van der Waals surface area contributed by atoms with Crippen molar-refractivity contribution in [1.29, 1.82) is 0 Å². The molecule has 0 saturated carbocycles. The Morgan fingerprint density at radius 3 is 2.29 bits per heavy atom. The van der Waals surface area contributed by atoms with Crippen molar-refractivity contribution < 1.29 is 14.3 Å². The van der Waals surface area contributed by atoms with Crippen LogP contribution in [0, 0.1) is 0 Å². The van der Waals surface area contributed by atoms with Crippen LogP contribution in [0.4, 0.5) is 0 Å². The Morgan fingerprint density at radius 1 is 0.958 bits per heavy atom. The van der Waals surface area contributed by atoms with Gasteiger partial charge in [-0.1, -0.05) is 31.2 Å². The molecule has 0 spiro atoms. The van der Waals surface area contributed by atoms with Gasteiger partial charge in [0.2, 0.25) is 0 Å². The van der Waals surface area contributed by atoms with Crippen molar-refractivity contribution in [2.45, 2.75) is 19.9 Å². The lowest BCUT2D eigenvalue weighted by molar-refractivity contribution is 0.0950. The van der Waals surface area contributed by atoms with Gasteiger partial charge in [0.15, 0.2) is 0 Å². The summed E-state index contributed by atoms with van der Waals surface area (Å²) in [5.41, 5.74) is 1.83. The maximum absolute atomic E-state index is 12.3. The molecule has 2 N–H and O–H groups in total. The summed E-state index contributed by atoms with van der Waals surface area (Å²) in [6.07, 6.45) is 0.866. The quantitative estimate of drug-likeness (QED) is 0.822. The molecule has 5 nitrogen and oxygen atoms in total. The first kappa shape index (κ1) is 17.5. The molecule has 0 saturated heterocycles. The van der Waals surface area contributed by atoms with Crippen LogP contribution < -0.4 is 15.4 Å². The number of nitrogens with one attached hydrogen (secondary N) is 2. The van der Waals surface area contributed by atoms with Crippen LogP contribution in [-0.4, -0.2) is 25.5 Å². The van der Waals surface area contributed by atoms with Crippen LogP contribution in [-0.2, 0) is 6.54 Å². The Balaban J connectivity index is 2.03. The highest BCUT2D eigenvalue weighted by molar-refractivity contribution is 5.99. The van der Waals surface area contributed by atoms with E-state index in [1.807, 2.05) is 31.2 Å². The second kappa shape index (κ2) is 8.72. The minimum absolute atomic E-state index is 0.170. The Bertz CT molecular complexity index is 713. The number of methoxy groups -OCH3 is 1. The van der Waals surface area contributed by atoms with Crippen LogP contribution in [0.2, 0.25) is 0 Å². The van der Waals surface area contributed by atoms with E-state index in [1.165, 1.54) is 0 Å². The van der Waals surface area contributed by atoms with E-state index >= 15 is 0 Å². The number of carbonyl (C=O) groups is 2. The third kappa shape index (κ3) is 4.59. The van der Waals surface area contributed by atoms with Crippen molar-refractivity contribution in [3.05, 3.63) is 65.2 Å². The van der Waals surface area contributed by atoms with Gasteiger partial charge in [0.05, 0.1) is 7.11 Å². The largest absolute Gasteiger partial charge is 0.496 e. The topological polar surface area (TPSA) is 67.4 Å². The Morgan fingerprint density at radius 2 is 1.62 bits per heavy atom. The molecule has 0 heterocycles. The zero-order valence-corrected chi connectivity index (χ0v) is 14.0. The predicted molar refractivity (Wildman–Crippen MR) is 93.2 cm³/mol. The summed E-state index contributed by atoms with van der Waals surface area (Å²) in [5, 5.41) is 5.65. The van der Waals surface area contributed by atoms with Crippen LogP contribution >= 0.6 is 0 Å². The lowest BCUT2D eigenvalue weighted by Gasteiger charge is -2.10. The number of carbonyl (C=O) groups excluding carboxylic acids is 2. The van der Waals surface area contributed by atoms with Gasteiger partial charge in [-0.25, -0.2) is 0 Å². The normalized spacial score (nSPS) is 10.1. The lowest BCUT2D eigenvalue weighted by atomic mass is 10.1. The predicted octanol–water partition coefficient (Wildman–Crippen LogP) is 2.77.